The number of amides is 2. The van der Waals surface area contributed by atoms with Crippen molar-refractivity contribution in [3.63, 3.8) is 0 Å². The number of rotatable bonds is 8. The molecule has 0 heterocycles. The van der Waals surface area contributed by atoms with E-state index in [0.717, 1.165) is 11.3 Å². The molecule has 1 N–H and O–H groups in total. The van der Waals surface area contributed by atoms with Gasteiger partial charge in [0.05, 0.1) is 13.7 Å². The van der Waals surface area contributed by atoms with Crippen molar-refractivity contribution in [3.8, 4) is 5.75 Å². The summed E-state index contributed by atoms with van der Waals surface area (Å²) in [5, 5.41) is 2.79. The minimum Gasteiger partial charge on any atom is -0.497 e. The van der Waals surface area contributed by atoms with Crippen molar-refractivity contribution in [2.75, 3.05) is 20.2 Å². The maximum absolute atomic E-state index is 13.7. The Hall–Kier alpha value is -2.89. The van der Waals surface area contributed by atoms with Gasteiger partial charge in [-0.1, -0.05) is 30.3 Å². The number of halogens is 1. The van der Waals surface area contributed by atoms with E-state index in [1.54, 1.807) is 25.3 Å². The molecule has 5 nitrogen and oxygen atoms in total. The Balaban J connectivity index is 1.83. The van der Waals surface area contributed by atoms with Crippen LogP contribution in [-0.4, -0.2) is 36.9 Å². The molecule has 0 bridgehead atoms. The molecule has 2 aromatic rings. The van der Waals surface area contributed by atoms with Crippen molar-refractivity contribution in [1.82, 2.24) is 10.2 Å². The van der Waals surface area contributed by atoms with Crippen molar-refractivity contribution in [1.29, 1.82) is 0 Å². The summed E-state index contributed by atoms with van der Waals surface area (Å²) in [5.41, 5.74) is 1.45. The molecule has 6 heteroatoms. The lowest BCUT2D eigenvalue weighted by molar-refractivity contribution is -0.134. The molecule has 0 radical (unpaired) electrons. The molecule has 2 rings (SSSR count). The Kier molecular flexibility index (Phi) is 7.14. The summed E-state index contributed by atoms with van der Waals surface area (Å²) in [6, 6.07) is 13.8. The third kappa shape index (κ3) is 5.88. The zero-order chi connectivity index (χ0) is 18.9. The lowest BCUT2D eigenvalue weighted by atomic mass is 10.1. The first kappa shape index (κ1) is 19.4. The standard InChI is InChI=1S/C20H23FN2O3/c1-15(24)23(13-17-5-3-4-6-19(17)21)14-20(25)22-12-11-16-7-9-18(26-2)10-8-16/h3-10H,11-14H2,1-2H3,(H,22,25). The molecule has 0 saturated heterocycles. The summed E-state index contributed by atoms with van der Waals surface area (Å²) in [4.78, 5) is 25.2. The van der Waals surface area contributed by atoms with Crippen molar-refractivity contribution in [3.05, 3.63) is 65.5 Å². The Morgan fingerprint density at radius 2 is 1.81 bits per heavy atom. The van der Waals surface area contributed by atoms with Crippen molar-refractivity contribution in [2.45, 2.75) is 19.9 Å². The van der Waals surface area contributed by atoms with Crippen LogP contribution in [-0.2, 0) is 22.6 Å². The van der Waals surface area contributed by atoms with Gasteiger partial charge in [0, 0.05) is 25.6 Å². The van der Waals surface area contributed by atoms with Crippen LogP contribution in [0.3, 0.4) is 0 Å². The van der Waals surface area contributed by atoms with Crippen molar-refractivity contribution in [2.24, 2.45) is 0 Å². The van der Waals surface area contributed by atoms with Gasteiger partial charge in [0.25, 0.3) is 0 Å². The fourth-order valence-corrected chi connectivity index (χ4v) is 2.48. The Morgan fingerprint density at radius 1 is 1.12 bits per heavy atom. The average molecular weight is 358 g/mol. The van der Waals surface area contributed by atoms with E-state index in [-0.39, 0.29) is 24.9 Å². The number of hydrogen-bond donors (Lipinski definition) is 1. The molecule has 0 spiro atoms. The van der Waals surface area contributed by atoms with Crippen LogP contribution in [0.5, 0.6) is 5.75 Å². The minimum atomic E-state index is -0.390. The van der Waals surface area contributed by atoms with Gasteiger partial charge in [-0.15, -0.1) is 0 Å². The molecule has 138 valence electrons. The molecule has 0 aliphatic rings. The maximum atomic E-state index is 13.7. The van der Waals surface area contributed by atoms with E-state index in [1.165, 1.54) is 17.9 Å². The van der Waals surface area contributed by atoms with Gasteiger partial charge >= 0.3 is 0 Å². The lowest BCUT2D eigenvalue weighted by Gasteiger charge is -2.21. The molecule has 0 aliphatic carbocycles. The van der Waals surface area contributed by atoms with Gasteiger partial charge in [-0.25, -0.2) is 4.39 Å². The van der Waals surface area contributed by atoms with Crippen molar-refractivity contribution >= 4 is 11.8 Å². The molecule has 26 heavy (non-hydrogen) atoms. The Bertz CT molecular complexity index is 747. The molecule has 0 aromatic heterocycles. The van der Waals surface area contributed by atoms with Gasteiger partial charge in [-0.3, -0.25) is 9.59 Å². The summed E-state index contributed by atoms with van der Waals surface area (Å²) < 4.78 is 18.8. The Morgan fingerprint density at radius 3 is 2.42 bits per heavy atom. The normalized spacial score (nSPS) is 10.3. The number of carbonyl (C=O) groups excluding carboxylic acids is 2. The van der Waals surface area contributed by atoms with Crippen LogP contribution in [0.25, 0.3) is 0 Å². The number of nitrogens with zero attached hydrogens (tertiary/aromatic N) is 1. The monoisotopic (exact) mass is 358 g/mol. The first-order chi connectivity index (χ1) is 12.5. The van der Waals surface area contributed by atoms with E-state index in [1.807, 2.05) is 24.3 Å². The molecule has 0 unspecified atom stereocenters. The number of benzene rings is 2. The summed E-state index contributed by atoms with van der Waals surface area (Å²) in [6.07, 6.45) is 0.670. The highest BCUT2D eigenvalue weighted by molar-refractivity contribution is 5.83. The second kappa shape index (κ2) is 9.56. The number of ether oxygens (including phenoxy) is 1. The number of hydrogen-bond acceptors (Lipinski definition) is 3. The van der Waals surface area contributed by atoms with E-state index in [9.17, 15) is 14.0 Å². The average Bonchev–Trinajstić information content (AvgIpc) is 2.63. The summed E-state index contributed by atoms with van der Waals surface area (Å²) >= 11 is 0. The molecular formula is C20H23FN2O3. The van der Waals surface area contributed by atoms with Crippen LogP contribution in [0.1, 0.15) is 18.1 Å². The second-order valence-electron chi connectivity index (χ2n) is 5.91. The number of carbonyl (C=O) groups is 2. The third-order valence-electron chi connectivity index (χ3n) is 3.99. The Labute approximate surface area is 152 Å². The first-order valence-electron chi connectivity index (χ1n) is 8.38. The summed E-state index contributed by atoms with van der Waals surface area (Å²) in [7, 11) is 1.61. The number of methoxy groups -OCH3 is 1. The van der Waals surface area contributed by atoms with E-state index in [4.69, 9.17) is 4.74 Å². The molecule has 2 aromatic carbocycles. The van der Waals surface area contributed by atoms with Crippen LogP contribution < -0.4 is 10.1 Å². The molecule has 0 fully saturated rings. The molecule has 0 aliphatic heterocycles. The third-order valence-corrected chi connectivity index (χ3v) is 3.99. The highest BCUT2D eigenvalue weighted by atomic mass is 19.1. The number of nitrogens with one attached hydrogen (secondary N) is 1. The van der Waals surface area contributed by atoms with Crippen LogP contribution in [0.2, 0.25) is 0 Å². The zero-order valence-electron chi connectivity index (χ0n) is 15.0. The van der Waals surface area contributed by atoms with Gasteiger partial charge < -0.3 is 15.0 Å². The molecule has 2 amide bonds. The van der Waals surface area contributed by atoms with Crippen molar-refractivity contribution < 1.29 is 18.7 Å². The molecule has 0 atom stereocenters. The minimum absolute atomic E-state index is 0.0634. The summed E-state index contributed by atoms with van der Waals surface area (Å²) in [6.45, 7) is 1.78. The highest BCUT2D eigenvalue weighted by Crippen LogP contribution is 2.12. The lowest BCUT2D eigenvalue weighted by Crippen LogP contribution is -2.40. The predicted octanol–water partition coefficient (Wildman–Crippen LogP) is 2.54. The quantitative estimate of drug-likeness (QED) is 0.789. The van der Waals surface area contributed by atoms with Crippen LogP contribution in [0.4, 0.5) is 4.39 Å². The van der Waals surface area contributed by atoms with Gasteiger partial charge in [0.15, 0.2) is 0 Å². The first-order valence-corrected chi connectivity index (χ1v) is 8.38. The SMILES string of the molecule is COc1ccc(CCNC(=O)CN(Cc2ccccc2F)C(C)=O)cc1. The molecule has 0 saturated carbocycles. The van der Waals surface area contributed by atoms with Gasteiger partial charge in [-0.05, 0) is 30.2 Å². The smallest absolute Gasteiger partial charge is 0.239 e. The van der Waals surface area contributed by atoms with Crippen LogP contribution in [0, 0.1) is 5.82 Å². The fraction of sp³-hybridized carbons (Fsp3) is 0.300. The van der Waals surface area contributed by atoms with E-state index < -0.39 is 5.82 Å². The predicted molar refractivity (Wildman–Crippen MR) is 97.2 cm³/mol. The fourth-order valence-electron chi connectivity index (χ4n) is 2.48. The van der Waals surface area contributed by atoms with Crippen LogP contribution in [0.15, 0.2) is 48.5 Å². The van der Waals surface area contributed by atoms with Gasteiger partial charge in [0.1, 0.15) is 11.6 Å². The van der Waals surface area contributed by atoms with Crippen LogP contribution >= 0.6 is 0 Å². The molecular weight excluding hydrogens is 335 g/mol. The summed E-state index contributed by atoms with van der Waals surface area (Å²) in [5.74, 6) is -0.162. The van der Waals surface area contributed by atoms with E-state index in [2.05, 4.69) is 5.32 Å². The largest absolute Gasteiger partial charge is 0.497 e. The highest BCUT2D eigenvalue weighted by Gasteiger charge is 2.15. The topological polar surface area (TPSA) is 58.6 Å². The van der Waals surface area contributed by atoms with Gasteiger partial charge in [-0.2, -0.15) is 0 Å². The zero-order valence-corrected chi connectivity index (χ0v) is 15.0. The second-order valence-corrected chi connectivity index (χ2v) is 5.91. The van der Waals surface area contributed by atoms with E-state index in [0.29, 0.717) is 18.5 Å². The maximum Gasteiger partial charge on any atom is 0.239 e. The van der Waals surface area contributed by atoms with E-state index >= 15 is 0 Å². The van der Waals surface area contributed by atoms with Gasteiger partial charge in [0.2, 0.25) is 11.8 Å².